The van der Waals surface area contributed by atoms with Crippen molar-refractivity contribution < 1.29 is 4.74 Å². The third-order valence-corrected chi connectivity index (χ3v) is 4.10. The SMILES string of the molecule is CC1(C)COCCN1Cc1ccc(C(N)=S)cc1Cl. The van der Waals surface area contributed by atoms with E-state index in [-0.39, 0.29) is 5.54 Å². The Balaban J connectivity index is 2.17. The van der Waals surface area contributed by atoms with Gasteiger partial charge in [0.1, 0.15) is 4.99 Å². The van der Waals surface area contributed by atoms with Crippen molar-refractivity contribution in [3.63, 3.8) is 0 Å². The number of thiocarbonyl (C=S) groups is 1. The van der Waals surface area contributed by atoms with Crippen LogP contribution in [0.2, 0.25) is 5.02 Å². The Morgan fingerprint density at radius 2 is 2.26 bits per heavy atom. The summed E-state index contributed by atoms with van der Waals surface area (Å²) in [6, 6.07) is 5.77. The van der Waals surface area contributed by atoms with Gasteiger partial charge in [-0.15, -0.1) is 0 Å². The molecular weight excluding hydrogens is 280 g/mol. The molecule has 2 rings (SSSR count). The molecule has 0 saturated carbocycles. The number of nitrogens with zero attached hydrogens (tertiary/aromatic N) is 1. The van der Waals surface area contributed by atoms with Gasteiger partial charge in [0.25, 0.3) is 0 Å². The molecule has 5 heteroatoms. The zero-order chi connectivity index (χ0) is 14.0. The van der Waals surface area contributed by atoms with E-state index in [0.29, 0.717) is 10.0 Å². The van der Waals surface area contributed by atoms with E-state index in [1.165, 1.54) is 0 Å². The second-order valence-corrected chi connectivity index (χ2v) is 6.30. The van der Waals surface area contributed by atoms with Gasteiger partial charge in [-0.3, -0.25) is 4.90 Å². The predicted octanol–water partition coefficient (Wildman–Crippen LogP) is 2.58. The highest BCUT2D eigenvalue weighted by Gasteiger charge is 2.30. The number of hydrogen-bond acceptors (Lipinski definition) is 3. The van der Waals surface area contributed by atoms with E-state index in [4.69, 9.17) is 34.3 Å². The first-order chi connectivity index (χ1) is 8.90. The van der Waals surface area contributed by atoms with Gasteiger partial charge < -0.3 is 10.5 Å². The van der Waals surface area contributed by atoms with Crippen LogP contribution in [0.25, 0.3) is 0 Å². The Labute approximate surface area is 124 Å². The smallest absolute Gasteiger partial charge is 0.104 e. The molecule has 1 heterocycles. The highest BCUT2D eigenvalue weighted by atomic mass is 35.5. The minimum absolute atomic E-state index is 0.0312. The van der Waals surface area contributed by atoms with Crippen LogP contribution in [0.1, 0.15) is 25.0 Å². The zero-order valence-electron chi connectivity index (χ0n) is 11.3. The third kappa shape index (κ3) is 3.45. The molecule has 1 fully saturated rings. The van der Waals surface area contributed by atoms with Crippen molar-refractivity contribution in [1.29, 1.82) is 0 Å². The van der Waals surface area contributed by atoms with Gasteiger partial charge in [-0.2, -0.15) is 0 Å². The van der Waals surface area contributed by atoms with Gasteiger partial charge >= 0.3 is 0 Å². The molecule has 0 aromatic heterocycles. The van der Waals surface area contributed by atoms with Gasteiger partial charge in [0.05, 0.1) is 13.2 Å². The predicted molar refractivity (Wildman–Crippen MR) is 82.6 cm³/mol. The highest BCUT2D eigenvalue weighted by Crippen LogP contribution is 2.25. The molecule has 1 aliphatic heterocycles. The van der Waals surface area contributed by atoms with Crippen molar-refractivity contribution >= 4 is 28.8 Å². The number of benzene rings is 1. The molecule has 2 N–H and O–H groups in total. The van der Waals surface area contributed by atoms with Crippen molar-refractivity contribution in [2.75, 3.05) is 19.8 Å². The van der Waals surface area contributed by atoms with Crippen LogP contribution in [0.4, 0.5) is 0 Å². The van der Waals surface area contributed by atoms with Crippen molar-refractivity contribution in [3.8, 4) is 0 Å². The average Bonchev–Trinajstić information content (AvgIpc) is 2.33. The second-order valence-electron chi connectivity index (χ2n) is 5.46. The Morgan fingerprint density at radius 3 is 2.84 bits per heavy atom. The molecular formula is C14H19ClN2OS. The first kappa shape index (κ1) is 14.7. The van der Waals surface area contributed by atoms with Crippen molar-refractivity contribution in [2.24, 2.45) is 5.73 Å². The first-order valence-corrected chi connectivity index (χ1v) is 7.10. The van der Waals surface area contributed by atoms with Crippen molar-refractivity contribution in [2.45, 2.75) is 25.9 Å². The Kier molecular flexibility index (Phi) is 4.46. The third-order valence-electron chi connectivity index (χ3n) is 3.52. The summed E-state index contributed by atoms with van der Waals surface area (Å²) in [6.07, 6.45) is 0. The molecule has 1 aromatic rings. The van der Waals surface area contributed by atoms with Crippen LogP contribution in [-0.2, 0) is 11.3 Å². The first-order valence-electron chi connectivity index (χ1n) is 6.31. The summed E-state index contributed by atoms with van der Waals surface area (Å²) in [5, 5.41) is 0.715. The van der Waals surface area contributed by atoms with Crippen LogP contribution in [0.15, 0.2) is 18.2 Å². The number of rotatable bonds is 3. The molecule has 19 heavy (non-hydrogen) atoms. The van der Waals surface area contributed by atoms with Crippen molar-refractivity contribution in [1.82, 2.24) is 4.90 Å². The van der Waals surface area contributed by atoms with Crippen LogP contribution in [0, 0.1) is 0 Å². The number of halogens is 1. The summed E-state index contributed by atoms with van der Waals surface area (Å²) in [4.78, 5) is 2.76. The molecule has 0 unspecified atom stereocenters. The number of hydrogen-bond donors (Lipinski definition) is 1. The minimum Gasteiger partial charge on any atom is -0.389 e. The number of ether oxygens (including phenoxy) is 1. The molecule has 1 saturated heterocycles. The molecule has 0 bridgehead atoms. The van der Waals surface area contributed by atoms with Crippen molar-refractivity contribution in [3.05, 3.63) is 34.3 Å². The van der Waals surface area contributed by atoms with Gasteiger partial charge in [-0.05, 0) is 25.5 Å². The van der Waals surface area contributed by atoms with E-state index in [1.54, 1.807) is 0 Å². The molecule has 0 radical (unpaired) electrons. The fourth-order valence-electron chi connectivity index (χ4n) is 2.22. The van der Waals surface area contributed by atoms with E-state index in [0.717, 1.165) is 37.4 Å². The maximum atomic E-state index is 6.31. The average molecular weight is 299 g/mol. The van der Waals surface area contributed by atoms with Gasteiger partial charge in [-0.25, -0.2) is 0 Å². The summed E-state index contributed by atoms with van der Waals surface area (Å²) in [6.45, 7) is 7.61. The van der Waals surface area contributed by atoms with Crippen LogP contribution in [0.3, 0.4) is 0 Å². The summed E-state index contributed by atoms with van der Waals surface area (Å²) < 4.78 is 5.53. The standard InChI is InChI=1S/C14H19ClN2OS/c1-14(2)9-18-6-5-17(14)8-11-4-3-10(13(16)19)7-12(11)15/h3-4,7H,5-6,8-9H2,1-2H3,(H2,16,19). The van der Waals surface area contributed by atoms with Gasteiger partial charge in [0, 0.05) is 29.2 Å². The maximum Gasteiger partial charge on any atom is 0.104 e. The number of nitrogens with two attached hydrogens (primary N) is 1. The molecule has 104 valence electrons. The highest BCUT2D eigenvalue weighted by molar-refractivity contribution is 7.80. The molecule has 0 atom stereocenters. The normalized spacial score (nSPS) is 19.3. The molecule has 1 aliphatic rings. The maximum absolute atomic E-state index is 6.31. The van der Waals surface area contributed by atoms with Gasteiger partial charge in [-0.1, -0.05) is 36.0 Å². The van der Waals surface area contributed by atoms with E-state index >= 15 is 0 Å². The summed E-state index contributed by atoms with van der Waals surface area (Å²) in [5.74, 6) is 0. The monoisotopic (exact) mass is 298 g/mol. The Hall–Kier alpha value is -0.680. The fraction of sp³-hybridized carbons (Fsp3) is 0.500. The molecule has 0 spiro atoms. The largest absolute Gasteiger partial charge is 0.389 e. The quantitative estimate of drug-likeness (QED) is 0.871. The van der Waals surface area contributed by atoms with Crippen LogP contribution < -0.4 is 5.73 Å². The minimum atomic E-state index is 0.0312. The Morgan fingerprint density at radius 1 is 1.53 bits per heavy atom. The lowest BCUT2D eigenvalue weighted by atomic mass is 10.0. The van der Waals surface area contributed by atoms with Crippen LogP contribution in [-0.4, -0.2) is 35.2 Å². The Bertz CT molecular complexity index is 490. The summed E-state index contributed by atoms with van der Waals surface area (Å²) in [5.41, 5.74) is 7.54. The van der Waals surface area contributed by atoms with Crippen LogP contribution in [0.5, 0.6) is 0 Å². The van der Waals surface area contributed by atoms with E-state index in [9.17, 15) is 0 Å². The lowest BCUT2D eigenvalue weighted by Crippen LogP contribution is -2.52. The molecule has 3 nitrogen and oxygen atoms in total. The summed E-state index contributed by atoms with van der Waals surface area (Å²) >= 11 is 11.3. The lowest BCUT2D eigenvalue weighted by Gasteiger charge is -2.42. The second kappa shape index (κ2) is 5.75. The zero-order valence-corrected chi connectivity index (χ0v) is 12.9. The molecule has 0 amide bonds. The number of morpholine rings is 1. The van der Waals surface area contributed by atoms with E-state index in [1.807, 2.05) is 18.2 Å². The molecule has 0 aliphatic carbocycles. The topological polar surface area (TPSA) is 38.5 Å². The van der Waals surface area contributed by atoms with Gasteiger partial charge in [0.15, 0.2) is 0 Å². The van der Waals surface area contributed by atoms with Gasteiger partial charge in [0.2, 0.25) is 0 Å². The summed E-state index contributed by atoms with van der Waals surface area (Å²) in [7, 11) is 0. The fourth-order valence-corrected chi connectivity index (χ4v) is 2.59. The van der Waals surface area contributed by atoms with Crippen LogP contribution >= 0.6 is 23.8 Å². The molecule has 1 aromatic carbocycles. The van der Waals surface area contributed by atoms with E-state index < -0.39 is 0 Å². The van der Waals surface area contributed by atoms with E-state index in [2.05, 4.69) is 18.7 Å². The lowest BCUT2D eigenvalue weighted by molar-refractivity contribution is -0.0552.